The molecule has 0 aliphatic heterocycles. The molecule has 0 saturated carbocycles. The average molecular weight is 275 g/mol. The molecular formula is C10H17N3O2S2. The number of aromatic amines is 1. The van der Waals surface area contributed by atoms with Crippen LogP contribution in [-0.4, -0.2) is 26.3 Å². The molecule has 17 heavy (non-hydrogen) atoms. The maximum Gasteiger partial charge on any atom is 0.339 e. The molecule has 0 spiro atoms. The van der Waals surface area contributed by atoms with Gasteiger partial charge in [0, 0.05) is 12.8 Å². The van der Waals surface area contributed by atoms with Gasteiger partial charge in [0.15, 0.2) is 5.16 Å². The van der Waals surface area contributed by atoms with Gasteiger partial charge in [-0.15, -0.1) is 0 Å². The summed E-state index contributed by atoms with van der Waals surface area (Å²) in [5.74, 6) is 2.38. The van der Waals surface area contributed by atoms with Crippen LogP contribution in [0.25, 0.3) is 0 Å². The third-order valence-electron chi connectivity index (χ3n) is 2.41. The highest BCUT2D eigenvalue weighted by atomic mass is 32.2. The van der Waals surface area contributed by atoms with Crippen LogP contribution < -0.4 is 11.1 Å². The fourth-order valence-electron chi connectivity index (χ4n) is 1.31. The van der Waals surface area contributed by atoms with Gasteiger partial charge in [-0.25, -0.2) is 0 Å². The van der Waals surface area contributed by atoms with E-state index in [0.29, 0.717) is 11.1 Å². The van der Waals surface area contributed by atoms with Crippen LogP contribution in [0.5, 0.6) is 0 Å². The van der Waals surface area contributed by atoms with E-state index < -0.39 is 11.1 Å². The van der Waals surface area contributed by atoms with Gasteiger partial charge in [-0.3, -0.25) is 19.4 Å². The Balaban J connectivity index is 2.55. The summed E-state index contributed by atoms with van der Waals surface area (Å²) >= 11 is 5.67. The molecular weight excluding hydrogens is 258 g/mol. The van der Waals surface area contributed by atoms with Crippen LogP contribution in [0, 0.1) is 5.92 Å². The zero-order valence-electron chi connectivity index (χ0n) is 9.97. The van der Waals surface area contributed by atoms with Crippen molar-refractivity contribution in [2.45, 2.75) is 24.9 Å². The molecule has 5 nitrogen and oxygen atoms in total. The Kier molecular flexibility index (Phi) is 5.84. The van der Waals surface area contributed by atoms with Crippen molar-refractivity contribution in [2.75, 3.05) is 11.5 Å². The lowest BCUT2D eigenvalue weighted by Crippen LogP contribution is -2.33. The molecule has 1 heterocycles. The molecule has 0 aliphatic carbocycles. The first-order valence-corrected chi connectivity index (χ1v) is 7.07. The normalized spacial score (nSPS) is 12.6. The van der Waals surface area contributed by atoms with E-state index >= 15 is 0 Å². The molecule has 0 bridgehead atoms. The van der Waals surface area contributed by atoms with Crippen LogP contribution in [0.4, 0.5) is 0 Å². The Morgan fingerprint density at radius 1 is 1.47 bits per heavy atom. The summed E-state index contributed by atoms with van der Waals surface area (Å²) in [6, 6.07) is 0. The van der Waals surface area contributed by atoms with Crippen LogP contribution in [0.3, 0.4) is 0 Å². The average Bonchev–Trinajstić information content (AvgIpc) is 2.26. The minimum absolute atomic E-state index is 0.549. The standard InChI is InChI=1S/C10H17N3O2S2/c1-7(3-5-16)4-6-17-10-11-8(14)9(15)12-13(10)2/h7,16H,3-6H2,1-2H3,(H,12,15). The molecule has 1 N–H and O–H groups in total. The molecule has 0 fully saturated rings. The van der Waals surface area contributed by atoms with E-state index in [2.05, 4.69) is 29.6 Å². The topological polar surface area (TPSA) is 67.8 Å². The van der Waals surface area contributed by atoms with Gasteiger partial charge in [-0.1, -0.05) is 18.7 Å². The van der Waals surface area contributed by atoms with E-state index in [1.807, 2.05) is 0 Å². The van der Waals surface area contributed by atoms with Crippen molar-refractivity contribution in [3.8, 4) is 0 Å². The van der Waals surface area contributed by atoms with Gasteiger partial charge in [-0.05, 0) is 24.5 Å². The number of H-pyrrole nitrogens is 1. The minimum Gasteiger partial charge on any atom is -0.265 e. The largest absolute Gasteiger partial charge is 0.339 e. The number of hydrogen-bond acceptors (Lipinski definition) is 5. The van der Waals surface area contributed by atoms with E-state index in [1.54, 1.807) is 7.05 Å². The predicted molar refractivity (Wildman–Crippen MR) is 73.1 cm³/mol. The second-order valence-electron chi connectivity index (χ2n) is 3.95. The van der Waals surface area contributed by atoms with E-state index in [0.717, 1.165) is 24.3 Å². The Labute approximate surface area is 109 Å². The lowest BCUT2D eigenvalue weighted by molar-refractivity contribution is 0.551. The van der Waals surface area contributed by atoms with Gasteiger partial charge >= 0.3 is 11.1 Å². The maximum atomic E-state index is 11.1. The first kappa shape index (κ1) is 14.4. The first-order chi connectivity index (χ1) is 8.04. The summed E-state index contributed by atoms with van der Waals surface area (Å²) in [6.45, 7) is 2.18. The van der Waals surface area contributed by atoms with Gasteiger partial charge in [0.1, 0.15) is 0 Å². The Bertz CT molecular complexity index is 469. The number of thiol groups is 1. The molecule has 7 heteroatoms. The van der Waals surface area contributed by atoms with Crippen molar-refractivity contribution in [1.82, 2.24) is 14.8 Å². The summed E-state index contributed by atoms with van der Waals surface area (Å²) in [4.78, 5) is 25.8. The molecule has 0 aromatic carbocycles. The van der Waals surface area contributed by atoms with Crippen molar-refractivity contribution >= 4 is 24.4 Å². The van der Waals surface area contributed by atoms with Crippen LogP contribution in [-0.2, 0) is 7.05 Å². The molecule has 0 amide bonds. The summed E-state index contributed by atoms with van der Waals surface area (Å²) in [5, 5.41) is 2.97. The number of nitrogens with one attached hydrogen (secondary N) is 1. The number of aromatic nitrogens is 3. The Hall–Kier alpha value is -0.690. The summed E-state index contributed by atoms with van der Waals surface area (Å²) in [7, 11) is 1.67. The maximum absolute atomic E-state index is 11.1. The number of aryl methyl sites for hydroxylation is 1. The minimum atomic E-state index is -0.728. The van der Waals surface area contributed by atoms with Gasteiger partial charge < -0.3 is 0 Å². The van der Waals surface area contributed by atoms with E-state index in [9.17, 15) is 9.59 Å². The second-order valence-corrected chi connectivity index (χ2v) is 5.46. The van der Waals surface area contributed by atoms with Crippen molar-refractivity contribution in [3.05, 3.63) is 20.7 Å². The van der Waals surface area contributed by atoms with Gasteiger partial charge in [-0.2, -0.15) is 17.6 Å². The predicted octanol–water partition coefficient (Wildman–Crippen LogP) is 0.907. The van der Waals surface area contributed by atoms with Crippen LogP contribution in [0.1, 0.15) is 19.8 Å². The fraction of sp³-hybridized carbons (Fsp3) is 0.700. The molecule has 1 aromatic rings. The van der Waals surface area contributed by atoms with Crippen molar-refractivity contribution < 1.29 is 0 Å². The summed E-state index contributed by atoms with van der Waals surface area (Å²) in [6.07, 6.45) is 2.13. The van der Waals surface area contributed by atoms with E-state index in [1.165, 1.54) is 16.4 Å². The third-order valence-corrected chi connectivity index (χ3v) is 3.73. The highest BCUT2D eigenvalue weighted by Crippen LogP contribution is 2.17. The zero-order chi connectivity index (χ0) is 12.8. The highest BCUT2D eigenvalue weighted by Gasteiger charge is 2.06. The molecule has 0 saturated heterocycles. The van der Waals surface area contributed by atoms with Gasteiger partial charge in [0.2, 0.25) is 0 Å². The molecule has 1 aromatic heterocycles. The first-order valence-electron chi connectivity index (χ1n) is 5.45. The SMILES string of the molecule is CC(CCS)CCSc1nc(=O)c(=O)[nH]n1C. The second kappa shape index (κ2) is 6.90. The van der Waals surface area contributed by atoms with Crippen LogP contribution >= 0.6 is 24.4 Å². The van der Waals surface area contributed by atoms with E-state index in [4.69, 9.17) is 0 Å². The Morgan fingerprint density at radius 3 is 2.82 bits per heavy atom. The lowest BCUT2D eigenvalue weighted by Gasteiger charge is -2.09. The van der Waals surface area contributed by atoms with E-state index in [-0.39, 0.29) is 0 Å². The van der Waals surface area contributed by atoms with Crippen LogP contribution in [0.15, 0.2) is 14.7 Å². The molecule has 1 rings (SSSR count). The number of nitrogens with zero attached hydrogens (tertiary/aromatic N) is 2. The molecule has 1 atom stereocenters. The summed E-state index contributed by atoms with van der Waals surface area (Å²) < 4.78 is 1.48. The molecule has 1 unspecified atom stereocenters. The van der Waals surface area contributed by atoms with Crippen molar-refractivity contribution in [2.24, 2.45) is 13.0 Å². The van der Waals surface area contributed by atoms with Crippen molar-refractivity contribution in [3.63, 3.8) is 0 Å². The molecule has 0 radical (unpaired) electrons. The lowest BCUT2D eigenvalue weighted by atomic mass is 10.1. The monoisotopic (exact) mass is 275 g/mol. The number of hydrogen-bond donors (Lipinski definition) is 2. The quantitative estimate of drug-likeness (QED) is 0.460. The fourth-order valence-corrected chi connectivity index (χ4v) is 2.84. The number of thioether (sulfide) groups is 1. The highest BCUT2D eigenvalue weighted by molar-refractivity contribution is 7.99. The number of rotatable bonds is 6. The van der Waals surface area contributed by atoms with Gasteiger partial charge in [0.05, 0.1) is 0 Å². The summed E-state index contributed by atoms with van der Waals surface area (Å²) in [5.41, 5.74) is -1.41. The van der Waals surface area contributed by atoms with Crippen molar-refractivity contribution in [1.29, 1.82) is 0 Å². The smallest absolute Gasteiger partial charge is 0.265 e. The van der Waals surface area contributed by atoms with Crippen LogP contribution in [0.2, 0.25) is 0 Å². The van der Waals surface area contributed by atoms with Gasteiger partial charge in [0.25, 0.3) is 0 Å². The Morgan fingerprint density at radius 2 is 2.18 bits per heavy atom. The molecule has 96 valence electrons. The molecule has 0 aliphatic rings. The zero-order valence-corrected chi connectivity index (χ0v) is 11.7. The third kappa shape index (κ3) is 4.59.